The molecule has 1 rings (SSSR count). The van der Waals surface area contributed by atoms with Gasteiger partial charge in [-0.25, -0.2) is 0 Å². The maximum atomic E-state index is 11.1. The fraction of sp³-hybridized carbons (Fsp3) is 0.750. The van der Waals surface area contributed by atoms with Gasteiger partial charge in [-0.05, 0) is 0 Å². The van der Waals surface area contributed by atoms with Crippen molar-refractivity contribution in [3.63, 3.8) is 0 Å². The van der Waals surface area contributed by atoms with Crippen LogP contribution in [0.2, 0.25) is 0 Å². The van der Waals surface area contributed by atoms with Crippen LogP contribution in [-0.2, 0) is 28.6 Å². The van der Waals surface area contributed by atoms with Crippen LogP contribution in [0.25, 0.3) is 0 Å². The van der Waals surface area contributed by atoms with Gasteiger partial charge in [0.25, 0.3) is 0 Å². The maximum Gasteiger partial charge on any atom is 0.303 e. The lowest BCUT2D eigenvalue weighted by atomic mass is 9.96. The molecule has 0 spiro atoms. The number of hydrogen-bond acceptors (Lipinski definition) is 8. The smallest absolute Gasteiger partial charge is 0.303 e. The van der Waals surface area contributed by atoms with Gasteiger partial charge < -0.3 is 29.7 Å². The van der Waals surface area contributed by atoms with Crippen LogP contribution in [0.15, 0.2) is 0 Å². The molecule has 3 N–H and O–H groups in total. The molecular weight excluding hydrogens is 286 g/mol. The zero-order valence-corrected chi connectivity index (χ0v) is 11.9. The van der Waals surface area contributed by atoms with Crippen LogP contribution in [0.3, 0.4) is 0 Å². The fourth-order valence-corrected chi connectivity index (χ4v) is 1.99. The van der Waals surface area contributed by atoms with Crippen molar-refractivity contribution in [1.29, 1.82) is 0 Å². The van der Waals surface area contributed by atoms with Crippen LogP contribution in [0.4, 0.5) is 0 Å². The standard InChI is InChI=1S/C12H19NO8/c1-5(14)13-9-11(20-7(3)16)10(17)8(21-12(9)18)4-19-6(2)15/h8-12,17-18H,4H2,1-3H3,(H,13,14)/t8-,9+,10-,11-,12-/m1/s1. The highest BCUT2D eigenvalue weighted by Gasteiger charge is 2.47. The summed E-state index contributed by atoms with van der Waals surface area (Å²) in [5, 5.41) is 22.4. The van der Waals surface area contributed by atoms with Crippen molar-refractivity contribution < 1.29 is 38.8 Å². The highest BCUT2D eigenvalue weighted by Crippen LogP contribution is 2.23. The third kappa shape index (κ3) is 4.96. The van der Waals surface area contributed by atoms with Crippen LogP contribution in [-0.4, -0.2) is 65.3 Å². The molecule has 0 aromatic heterocycles. The van der Waals surface area contributed by atoms with Crippen molar-refractivity contribution >= 4 is 17.8 Å². The summed E-state index contributed by atoms with van der Waals surface area (Å²) in [6.45, 7) is 3.18. The van der Waals surface area contributed by atoms with Crippen molar-refractivity contribution in [2.24, 2.45) is 0 Å². The summed E-state index contributed by atoms with van der Waals surface area (Å²) in [6, 6.07) is -1.13. The molecule has 0 radical (unpaired) electrons. The van der Waals surface area contributed by atoms with Crippen molar-refractivity contribution in [1.82, 2.24) is 5.32 Å². The van der Waals surface area contributed by atoms with E-state index in [-0.39, 0.29) is 6.61 Å². The van der Waals surface area contributed by atoms with Crippen LogP contribution >= 0.6 is 0 Å². The first-order valence-corrected chi connectivity index (χ1v) is 6.31. The van der Waals surface area contributed by atoms with E-state index in [1.165, 1.54) is 13.8 Å². The summed E-state index contributed by atoms with van der Waals surface area (Å²) in [5.74, 6) is -1.78. The van der Waals surface area contributed by atoms with Gasteiger partial charge in [0, 0.05) is 20.8 Å². The first kappa shape index (κ1) is 17.3. The van der Waals surface area contributed by atoms with E-state index in [9.17, 15) is 24.6 Å². The number of nitrogens with one attached hydrogen (secondary N) is 1. The molecule has 21 heavy (non-hydrogen) atoms. The van der Waals surface area contributed by atoms with Crippen molar-refractivity contribution in [3.05, 3.63) is 0 Å². The predicted octanol–water partition coefficient (Wildman–Crippen LogP) is -1.94. The van der Waals surface area contributed by atoms with Crippen LogP contribution < -0.4 is 5.32 Å². The van der Waals surface area contributed by atoms with E-state index in [0.717, 1.165) is 6.92 Å². The summed E-state index contributed by atoms with van der Waals surface area (Å²) in [4.78, 5) is 33.0. The van der Waals surface area contributed by atoms with Gasteiger partial charge in [0.1, 0.15) is 24.9 Å². The number of carbonyl (C=O) groups excluding carboxylic acids is 3. The maximum absolute atomic E-state index is 11.1. The zero-order chi connectivity index (χ0) is 16.2. The Bertz CT molecular complexity index is 412. The number of ether oxygens (including phenoxy) is 3. The molecule has 0 aliphatic carbocycles. The highest BCUT2D eigenvalue weighted by atomic mass is 16.6. The molecule has 1 aliphatic heterocycles. The number of aliphatic hydroxyl groups is 2. The van der Waals surface area contributed by atoms with Crippen molar-refractivity contribution in [2.45, 2.75) is 51.4 Å². The predicted molar refractivity (Wildman–Crippen MR) is 66.7 cm³/mol. The molecule has 1 aliphatic rings. The molecule has 5 atom stereocenters. The van der Waals surface area contributed by atoms with Gasteiger partial charge in [0.15, 0.2) is 12.4 Å². The van der Waals surface area contributed by atoms with E-state index in [2.05, 4.69) is 5.32 Å². The lowest BCUT2D eigenvalue weighted by molar-refractivity contribution is -0.259. The zero-order valence-electron chi connectivity index (χ0n) is 11.9. The quantitative estimate of drug-likeness (QED) is 0.511. The molecule has 1 fully saturated rings. The lowest BCUT2D eigenvalue weighted by Gasteiger charge is -2.42. The Hall–Kier alpha value is -1.71. The Labute approximate surface area is 121 Å². The van der Waals surface area contributed by atoms with Gasteiger partial charge in [0.05, 0.1) is 0 Å². The molecule has 9 nitrogen and oxygen atoms in total. The van der Waals surface area contributed by atoms with Crippen molar-refractivity contribution in [3.8, 4) is 0 Å². The summed E-state index contributed by atoms with van der Waals surface area (Å²) in [7, 11) is 0. The number of aliphatic hydroxyl groups excluding tert-OH is 2. The summed E-state index contributed by atoms with van der Waals surface area (Å²) in [6.07, 6.45) is -5.22. The van der Waals surface area contributed by atoms with E-state index in [0.29, 0.717) is 0 Å². The molecular formula is C12H19NO8. The van der Waals surface area contributed by atoms with Gasteiger partial charge in [-0.3, -0.25) is 14.4 Å². The van der Waals surface area contributed by atoms with E-state index < -0.39 is 48.5 Å². The minimum atomic E-state index is -1.53. The number of carbonyl (C=O) groups is 3. The number of amides is 1. The van der Waals surface area contributed by atoms with Crippen LogP contribution in [0.1, 0.15) is 20.8 Å². The van der Waals surface area contributed by atoms with Gasteiger partial charge in [-0.1, -0.05) is 0 Å². The molecule has 0 bridgehead atoms. The molecule has 0 aromatic rings. The van der Waals surface area contributed by atoms with E-state index in [1.807, 2.05) is 0 Å². The second-order valence-electron chi connectivity index (χ2n) is 4.66. The molecule has 9 heteroatoms. The minimum Gasteiger partial charge on any atom is -0.463 e. The largest absolute Gasteiger partial charge is 0.463 e. The molecule has 0 saturated carbocycles. The second-order valence-corrected chi connectivity index (χ2v) is 4.66. The lowest BCUT2D eigenvalue weighted by Crippen LogP contribution is -2.65. The molecule has 0 unspecified atom stereocenters. The van der Waals surface area contributed by atoms with Gasteiger partial charge in [-0.15, -0.1) is 0 Å². The number of esters is 2. The summed E-state index contributed by atoms with van der Waals surface area (Å²) in [5.41, 5.74) is 0. The summed E-state index contributed by atoms with van der Waals surface area (Å²) < 4.78 is 14.7. The highest BCUT2D eigenvalue weighted by molar-refractivity contribution is 5.73. The third-order valence-corrected chi connectivity index (χ3v) is 2.82. The van der Waals surface area contributed by atoms with Gasteiger partial charge >= 0.3 is 11.9 Å². The van der Waals surface area contributed by atoms with Gasteiger partial charge in [-0.2, -0.15) is 0 Å². The Morgan fingerprint density at radius 2 is 1.76 bits per heavy atom. The minimum absolute atomic E-state index is 0.321. The summed E-state index contributed by atoms with van der Waals surface area (Å²) >= 11 is 0. The monoisotopic (exact) mass is 305 g/mol. The average molecular weight is 305 g/mol. The normalized spacial score (nSPS) is 32.1. The Kier molecular flexibility index (Phi) is 6.06. The first-order valence-electron chi connectivity index (χ1n) is 6.31. The Balaban J connectivity index is 2.87. The van der Waals surface area contributed by atoms with E-state index in [4.69, 9.17) is 14.2 Å². The Morgan fingerprint density at radius 3 is 2.24 bits per heavy atom. The van der Waals surface area contributed by atoms with Crippen molar-refractivity contribution in [2.75, 3.05) is 6.61 Å². The van der Waals surface area contributed by atoms with Crippen LogP contribution in [0, 0.1) is 0 Å². The molecule has 0 aromatic carbocycles. The number of rotatable bonds is 4. The molecule has 1 saturated heterocycles. The average Bonchev–Trinajstić information content (AvgIpc) is 2.35. The van der Waals surface area contributed by atoms with Crippen LogP contribution in [0.5, 0.6) is 0 Å². The Morgan fingerprint density at radius 1 is 1.14 bits per heavy atom. The van der Waals surface area contributed by atoms with E-state index >= 15 is 0 Å². The SMILES string of the molecule is CC(=O)N[C@H]1[C@@H](OC(C)=O)[C@H](O)[C@@H](COC(C)=O)O[C@H]1O. The molecule has 120 valence electrons. The second kappa shape index (κ2) is 7.34. The first-order chi connectivity index (χ1) is 9.72. The third-order valence-electron chi connectivity index (χ3n) is 2.82. The van der Waals surface area contributed by atoms with Gasteiger partial charge in [0.2, 0.25) is 5.91 Å². The molecule has 1 heterocycles. The molecule has 1 amide bonds. The van der Waals surface area contributed by atoms with E-state index in [1.54, 1.807) is 0 Å². The number of hydrogen-bond donors (Lipinski definition) is 3. The fourth-order valence-electron chi connectivity index (χ4n) is 1.99. The topological polar surface area (TPSA) is 131 Å².